The van der Waals surface area contributed by atoms with E-state index in [9.17, 15) is 0 Å². The minimum absolute atomic E-state index is 0.282. The predicted octanol–water partition coefficient (Wildman–Crippen LogP) is 1.01. The van der Waals surface area contributed by atoms with E-state index in [0.717, 1.165) is 6.61 Å². The van der Waals surface area contributed by atoms with Crippen LogP contribution in [0, 0.1) is 0 Å². The molecule has 1 rings (SSSR count). The molecular formula is C4H7ClO. The molecule has 1 nitrogen and oxygen atoms in total. The summed E-state index contributed by atoms with van der Waals surface area (Å²) in [6.07, 6.45) is 0.298. The molecule has 2 atom stereocenters. The zero-order valence-corrected chi connectivity index (χ0v) is 4.40. The van der Waals surface area contributed by atoms with Crippen molar-refractivity contribution >= 4 is 11.6 Å². The lowest BCUT2D eigenvalue weighted by atomic mass is 10.2. The lowest BCUT2D eigenvalue weighted by Gasteiger charge is -2.28. The van der Waals surface area contributed by atoms with E-state index in [-0.39, 0.29) is 5.38 Å². The number of halogens is 1. The van der Waals surface area contributed by atoms with Gasteiger partial charge in [-0.25, -0.2) is 0 Å². The summed E-state index contributed by atoms with van der Waals surface area (Å²) in [4.78, 5) is 0. The van der Waals surface area contributed by atoms with E-state index in [4.69, 9.17) is 16.3 Å². The summed E-state index contributed by atoms with van der Waals surface area (Å²) < 4.78 is 4.91. The minimum Gasteiger partial charge on any atom is -0.375 e. The van der Waals surface area contributed by atoms with E-state index < -0.39 is 0 Å². The van der Waals surface area contributed by atoms with Crippen LogP contribution in [0.4, 0.5) is 0 Å². The molecule has 1 aliphatic heterocycles. The minimum atomic E-state index is 0.282. The molecule has 0 spiro atoms. The fraction of sp³-hybridized carbons (Fsp3) is 1.00. The summed E-state index contributed by atoms with van der Waals surface area (Å²) in [5.74, 6) is 0. The molecule has 1 fully saturated rings. The number of hydrogen-bond acceptors (Lipinski definition) is 1. The third kappa shape index (κ3) is 0.525. The average Bonchev–Trinajstić information content (AvgIpc) is 1.61. The van der Waals surface area contributed by atoms with Gasteiger partial charge in [0, 0.05) is 0 Å². The van der Waals surface area contributed by atoms with Gasteiger partial charge in [0.15, 0.2) is 0 Å². The number of hydrogen-bond donors (Lipinski definition) is 0. The summed E-state index contributed by atoms with van der Waals surface area (Å²) in [7, 11) is 0. The molecule has 0 aromatic rings. The summed E-state index contributed by atoms with van der Waals surface area (Å²) in [5.41, 5.74) is 0. The van der Waals surface area contributed by atoms with Gasteiger partial charge in [-0.1, -0.05) is 0 Å². The smallest absolute Gasteiger partial charge is 0.0828 e. The summed E-state index contributed by atoms with van der Waals surface area (Å²) in [6, 6.07) is 0. The van der Waals surface area contributed by atoms with Crippen molar-refractivity contribution in [3.63, 3.8) is 0 Å². The lowest BCUT2D eigenvalue weighted by Crippen LogP contribution is -2.37. The van der Waals surface area contributed by atoms with Crippen LogP contribution in [0.3, 0.4) is 0 Å². The molecule has 0 radical (unpaired) electrons. The molecule has 6 heavy (non-hydrogen) atoms. The largest absolute Gasteiger partial charge is 0.375 e. The lowest BCUT2D eigenvalue weighted by molar-refractivity contribution is -0.0316. The Kier molecular flexibility index (Phi) is 1.02. The summed E-state index contributed by atoms with van der Waals surface area (Å²) >= 11 is 5.57. The third-order valence-corrected chi connectivity index (χ3v) is 1.51. The molecule has 0 N–H and O–H groups in total. The van der Waals surface area contributed by atoms with E-state index in [1.165, 1.54) is 0 Å². The van der Waals surface area contributed by atoms with Gasteiger partial charge in [-0.2, -0.15) is 0 Å². The molecular weight excluding hydrogens is 99.5 g/mol. The first-order valence-corrected chi connectivity index (χ1v) is 2.50. The maximum atomic E-state index is 5.57. The van der Waals surface area contributed by atoms with E-state index >= 15 is 0 Å². The second-order valence-electron chi connectivity index (χ2n) is 1.55. The van der Waals surface area contributed by atoms with Crippen molar-refractivity contribution in [1.82, 2.24) is 0 Å². The van der Waals surface area contributed by atoms with Crippen LogP contribution in [0.2, 0.25) is 0 Å². The van der Waals surface area contributed by atoms with Crippen molar-refractivity contribution in [1.29, 1.82) is 0 Å². The Hall–Kier alpha value is 0.250. The van der Waals surface area contributed by atoms with Crippen LogP contribution in [0.15, 0.2) is 0 Å². The van der Waals surface area contributed by atoms with E-state index in [1.54, 1.807) is 0 Å². The number of alkyl halides is 1. The molecule has 0 unspecified atom stereocenters. The summed E-state index contributed by atoms with van der Waals surface area (Å²) in [6.45, 7) is 2.71. The van der Waals surface area contributed by atoms with Gasteiger partial charge in [0.05, 0.1) is 18.1 Å². The van der Waals surface area contributed by atoms with Crippen molar-refractivity contribution in [2.45, 2.75) is 18.4 Å². The predicted molar refractivity (Wildman–Crippen MR) is 25.1 cm³/mol. The van der Waals surface area contributed by atoms with E-state index in [0.29, 0.717) is 6.10 Å². The van der Waals surface area contributed by atoms with Gasteiger partial charge in [0.25, 0.3) is 0 Å². The fourth-order valence-electron chi connectivity index (χ4n) is 0.361. The van der Waals surface area contributed by atoms with E-state index in [1.807, 2.05) is 6.92 Å². The first kappa shape index (κ1) is 4.41. The maximum Gasteiger partial charge on any atom is 0.0828 e. The van der Waals surface area contributed by atoms with Crippen molar-refractivity contribution in [3.8, 4) is 0 Å². The van der Waals surface area contributed by atoms with Gasteiger partial charge in [0.1, 0.15) is 0 Å². The van der Waals surface area contributed by atoms with Crippen molar-refractivity contribution in [3.05, 3.63) is 0 Å². The molecule has 1 heterocycles. The Morgan fingerprint density at radius 3 is 2.33 bits per heavy atom. The standard InChI is InChI=1S/C4H7ClO/c1-3-4(5)2-6-3/h3-4H,2H2,1H3/t3-,4+/m0/s1. The monoisotopic (exact) mass is 106 g/mol. The first-order chi connectivity index (χ1) is 2.80. The highest BCUT2D eigenvalue weighted by atomic mass is 35.5. The van der Waals surface area contributed by atoms with Gasteiger partial charge in [0.2, 0.25) is 0 Å². The highest BCUT2D eigenvalue weighted by Crippen LogP contribution is 2.16. The number of rotatable bonds is 0. The normalized spacial score (nSPS) is 45.0. The molecule has 0 aliphatic carbocycles. The molecule has 0 bridgehead atoms. The molecule has 0 aromatic carbocycles. The number of ether oxygens (including phenoxy) is 1. The Bertz CT molecular complexity index is 47.5. The van der Waals surface area contributed by atoms with Crippen LogP contribution in [-0.4, -0.2) is 18.1 Å². The van der Waals surface area contributed by atoms with Gasteiger partial charge >= 0.3 is 0 Å². The second-order valence-corrected chi connectivity index (χ2v) is 2.12. The first-order valence-electron chi connectivity index (χ1n) is 2.06. The highest BCUT2D eigenvalue weighted by molar-refractivity contribution is 6.21. The SMILES string of the molecule is C[C@@H]1OC[C@H]1Cl. The summed E-state index contributed by atoms with van der Waals surface area (Å²) in [5, 5.41) is 0.282. The molecule has 0 amide bonds. The zero-order valence-electron chi connectivity index (χ0n) is 3.65. The zero-order chi connectivity index (χ0) is 4.57. The van der Waals surface area contributed by atoms with Gasteiger partial charge in [-0.15, -0.1) is 11.6 Å². The molecule has 1 aliphatic rings. The van der Waals surface area contributed by atoms with E-state index in [2.05, 4.69) is 0 Å². The van der Waals surface area contributed by atoms with Crippen LogP contribution in [0.5, 0.6) is 0 Å². The topological polar surface area (TPSA) is 9.23 Å². The van der Waals surface area contributed by atoms with Crippen LogP contribution in [-0.2, 0) is 4.74 Å². The van der Waals surface area contributed by atoms with Gasteiger partial charge < -0.3 is 4.74 Å². The van der Waals surface area contributed by atoms with Crippen LogP contribution < -0.4 is 0 Å². The maximum absolute atomic E-state index is 5.57. The average molecular weight is 107 g/mol. The molecule has 0 saturated carbocycles. The van der Waals surface area contributed by atoms with Crippen molar-refractivity contribution in [2.24, 2.45) is 0 Å². The van der Waals surface area contributed by atoms with Gasteiger partial charge in [-0.05, 0) is 6.92 Å². The highest BCUT2D eigenvalue weighted by Gasteiger charge is 2.24. The Balaban J connectivity index is 2.20. The third-order valence-electron chi connectivity index (χ3n) is 1.03. The van der Waals surface area contributed by atoms with Crippen molar-refractivity contribution < 1.29 is 4.74 Å². The molecule has 1 saturated heterocycles. The molecule has 36 valence electrons. The Morgan fingerprint density at radius 2 is 2.33 bits per heavy atom. The quantitative estimate of drug-likeness (QED) is 0.419. The molecule has 2 heteroatoms. The van der Waals surface area contributed by atoms with Gasteiger partial charge in [-0.3, -0.25) is 0 Å². The van der Waals surface area contributed by atoms with Crippen molar-refractivity contribution in [2.75, 3.05) is 6.61 Å². The van der Waals surface area contributed by atoms with Crippen LogP contribution in [0.1, 0.15) is 6.92 Å². The van der Waals surface area contributed by atoms with Crippen LogP contribution in [0.25, 0.3) is 0 Å². The second kappa shape index (κ2) is 1.39. The molecule has 0 aromatic heterocycles. The fourth-order valence-corrected chi connectivity index (χ4v) is 0.507. The van der Waals surface area contributed by atoms with Crippen LogP contribution >= 0.6 is 11.6 Å². The Labute approximate surface area is 42.2 Å². The Morgan fingerprint density at radius 1 is 1.83 bits per heavy atom.